The number of aromatic nitrogens is 1. The van der Waals surface area contributed by atoms with Crippen molar-refractivity contribution in [2.24, 2.45) is 0 Å². The number of pyridine rings is 1. The minimum absolute atomic E-state index is 0.315. The molecular formula is C20H26N2O2S. The van der Waals surface area contributed by atoms with E-state index in [2.05, 4.69) is 22.0 Å². The molecule has 25 heavy (non-hydrogen) atoms. The number of nitrogens with zero attached hydrogens (tertiary/aromatic N) is 2. The van der Waals surface area contributed by atoms with E-state index >= 15 is 0 Å². The van der Waals surface area contributed by atoms with E-state index in [1.807, 2.05) is 23.5 Å². The Morgan fingerprint density at radius 3 is 2.84 bits per heavy atom. The van der Waals surface area contributed by atoms with Gasteiger partial charge < -0.3 is 9.47 Å². The predicted octanol–water partition coefficient (Wildman–Crippen LogP) is 4.43. The second-order valence-electron chi connectivity index (χ2n) is 6.94. The molecule has 0 N–H and O–H groups in total. The smallest absolute Gasteiger partial charge is 0.137 e. The molecule has 2 saturated heterocycles. The Morgan fingerprint density at radius 2 is 2.08 bits per heavy atom. The van der Waals surface area contributed by atoms with E-state index in [4.69, 9.17) is 9.47 Å². The lowest BCUT2D eigenvalue weighted by molar-refractivity contribution is 0.0172. The molecular weight excluding hydrogens is 332 g/mol. The van der Waals surface area contributed by atoms with Crippen molar-refractivity contribution < 1.29 is 9.47 Å². The molecule has 0 radical (unpaired) electrons. The summed E-state index contributed by atoms with van der Waals surface area (Å²) in [5.41, 5.74) is 0. The average molecular weight is 359 g/mol. The summed E-state index contributed by atoms with van der Waals surface area (Å²) in [6.07, 6.45) is 10.1. The van der Waals surface area contributed by atoms with Crippen LogP contribution in [-0.4, -0.2) is 35.7 Å². The van der Waals surface area contributed by atoms with Crippen molar-refractivity contribution in [2.75, 3.05) is 19.7 Å². The lowest BCUT2D eigenvalue weighted by atomic mass is 10.1. The number of thiophene rings is 1. The van der Waals surface area contributed by atoms with Crippen LogP contribution in [0.1, 0.15) is 48.0 Å². The van der Waals surface area contributed by atoms with Crippen LogP contribution in [0.3, 0.4) is 0 Å². The zero-order valence-electron chi connectivity index (χ0n) is 14.6. The Labute approximate surface area is 153 Å². The van der Waals surface area contributed by atoms with E-state index in [1.54, 1.807) is 12.4 Å². The number of piperidine rings is 1. The van der Waals surface area contributed by atoms with Crippen molar-refractivity contribution in [1.29, 1.82) is 0 Å². The quantitative estimate of drug-likeness (QED) is 0.792. The Hall–Kier alpha value is -1.43. The maximum atomic E-state index is 6.03. The molecule has 2 aromatic heterocycles. The van der Waals surface area contributed by atoms with Gasteiger partial charge in [-0.25, -0.2) is 0 Å². The van der Waals surface area contributed by atoms with E-state index < -0.39 is 0 Å². The Balaban J connectivity index is 1.25. The third-order valence-electron chi connectivity index (χ3n) is 5.03. The van der Waals surface area contributed by atoms with Crippen LogP contribution in [0.5, 0.6) is 5.75 Å². The van der Waals surface area contributed by atoms with Crippen molar-refractivity contribution >= 4 is 11.3 Å². The Kier molecular flexibility index (Phi) is 5.65. The number of rotatable bonds is 5. The second-order valence-corrected chi connectivity index (χ2v) is 8.14. The highest BCUT2D eigenvalue weighted by Crippen LogP contribution is 2.33. The maximum absolute atomic E-state index is 6.03. The van der Waals surface area contributed by atoms with Gasteiger partial charge in [0.2, 0.25) is 0 Å². The topological polar surface area (TPSA) is 34.6 Å². The molecule has 0 saturated carbocycles. The van der Waals surface area contributed by atoms with Gasteiger partial charge in [0.1, 0.15) is 11.9 Å². The molecule has 2 aliphatic heterocycles. The summed E-state index contributed by atoms with van der Waals surface area (Å²) in [6.45, 7) is 4.16. The SMILES string of the molecule is c1cncc(OC2CCN(Cc3ccc(C4CCCCO4)s3)CC2)c1. The van der Waals surface area contributed by atoms with E-state index in [1.165, 1.54) is 29.0 Å². The van der Waals surface area contributed by atoms with Crippen molar-refractivity contribution in [2.45, 2.75) is 50.9 Å². The van der Waals surface area contributed by atoms with Crippen LogP contribution in [0, 0.1) is 0 Å². The summed E-state index contributed by atoms with van der Waals surface area (Å²) in [6, 6.07) is 8.47. The molecule has 1 unspecified atom stereocenters. The van der Waals surface area contributed by atoms with Gasteiger partial charge >= 0.3 is 0 Å². The fourth-order valence-electron chi connectivity index (χ4n) is 3.63. The summed E-state index contributed by atoms with van der Waals surface area (Å²) in [4.78, 5) is 9.52. The number of hydrogen-bond donors (Lipinski definition) is 0. The van der Waals surface area contributed by atoms with Gasteiger partial charge in [0.05, 0.1) is 12.3 Å². The summed E-state index contributed by atoms with van der Waals surface area (Å²) >= 11 is 1.93. The molecule has 0 spiro atoms. The normalized spacial score (nSPS) is 22.8. The molecule has 0 bridgehead atoms. The van der Waals surface area contributed by atoms with Gasteiger partial charge in [0.25, 0.3) is 0 Å². The van der Waals surface area contributed by atoms with E-state index in [9.17, 15) is 0 Å². The van der Waals surface area contributed by atoms with E-state index in [0.717, 1.165) is 44.8 Å². The third-order valence-corrected chi connectivity index (χ3v) is 6.19. The highest BCUT2D eigenvalue weighted by atomic mass is 32.1. The first-order valence-electron chi connectivity index (χ1n) is 9.36. The van der Waals surface area contributed by atoms with Crippen LogP contribution in [0.2, 0.25) is 0 Å². The molecule has 2 fully saturated rings. The van der Waals surface area contributed by atoms with E-state index in [-0.39, 0.29) is 0 Å². The molecule has 1 atom stereocenters. The monoisotopic (exact) mass is 358 g/mol. The summed E-state index contributed by atoms with van der Waals surface area (Å²) in [5, 5.41) is 0. The lowest BCUT2D eigenvalue weighted by Crippen LogP contribution is -2.37. The van der Waals surface area contributed by atoms with Gasteiger partial charge in [-0.3, -0.25) is 9.88 Å². The van der Waals surface area contributed by atoms with Crippen LogP contribution in [0.4, 0.5) is 0 Å². The first-order valence-corrected chi connectivity index (χ1v) is 10.2. The predicted molar refractivity (Wildman–Crippen MR) is 100 cm³/mol. The van der Waals surface area contributed by atoms with Crippen molar-refractivity contribution in [3.8, 4) is 5.75 Å². The summed E-state index contributed by atoms with van der Waals surface area (Å²) in [7, 11) is 0. The number of hydrogen-bond acceptors (Lipinski definition) is 5. The molecule has 0 aliphatic carbocycles. The zero-order chi connectivity index (χ0) is 16.9. The van der Waals surface area contributed by atoms with Crippen molar-refractivity contribution in [3.63, 3.8) is 0 Å². The molecule has 4 heterocycles. The summed E-state index contributed by atoms with van der Waals surface area (Å²) < 4.78 is 11.9. The minimum Gasteiger partial charge on any atom is -0.489 e. The number of ether oxygens (including phenoxy) is 2. The van der Waals surface area contributed by atoms with Gasteiger partial charge in [-0.15, -0.1) is 11.3 Å². The first kappa shape index (κ1) is 17.0. The molecule has 4 rings (SSSR count). The highest BCUT2D eigenvalue weighted by molar-refractivity contribution is 7.12. The van der Waals surface area contributed by atoms with Gasteiger partial charge in [-0.2, -0.15) is 0 Å². The third kappa shape index (κ3) is 4.60. The highest BCUT2D eigenvalue weighted by Gasteiger charge is 2.22. The molecule has 0 aromatic carbocycles. The molecule has 134 valence electrons. The van der Waals surface area contributed by atoms with Crippen molar-refractivity contribution in [1.82, 2.24) is 9.88 Å². The molecule has 5 heteroatoms. The Bertz CT molecular complexity index is 647. The van der Waals surface area contributed by atoms with Crippen molar-refractivity contribution in [3.05, 3.63) is 46.4 Å². The minimum atomic E-state index is 0.315. The van der Waals surface area contributed by atoms with Gasteiger partial charge in [0, 0.05) is 42.2 Å². The first-order chi connectivity index (χ1) is 12.4. The van der Waals surface area contributed by atoms with Crippen LogP contribution in [0.25, 0.3) is 0 Å². The maximum Gasteiger partial charge on any atom is 0.137 e. The lowest BCUT2D eigenvalue weighted by Gasteiger charge is -2.31. The Morgan fingerprint density at radius 1 is 1.16 bits per heavy atom. The molecule has 2 aromatic rings. The van der Waals surface area contributed by atoms with E-state index in [0.29, 0.717) is 12.2 Å². The van der Waals surface area contributed by atoms with Crippen LogP contribution in [0.15, 0.2) is 36.7 Å². The molecule has 0 amide bonds. The van der Waals surface area contributed by atoms with Crippen LogP contribution >= 0.6 is 11.3 Å². The van der Waals surface area contributed by atoms with Crippen LogP contribution < -0.4 is 4.74 Å². The number of likely N-dealkylation sites (tertiary alicyclic amines) is 1. The van der Waals surface area contributed by atoms with Gasteiger partial charge in [-0.1, -0.05) is 0 Å². The molecule has 4 nitrogen and oxygen atoms in total. The zero-order valence-corrected chi connectivity index (χ0v) is 15.4. The fourth-order valence-corrected chi connectivity index (χ4v) is 4.77. The van der Waals surface area contributed by atoms with Gasteiger partial charge in [0.15, 0.2) is 0 Å². The standard InChI is InChI=1S/C20H26N2O2S/c1-2-13-23-19(5-1)20-7-6-18(25-20)15-22-11-8-16(9-12-22)24-17-4-3-10-21-14-17/h3-4,6-7,10,14,16,19H,1-2,5,8-9,11-13,15H2. The van der Waals surface area contributed by atoms with Gasteiger partial charge in [-0.05, 0) is 56.4 Å². The average Bonchev–Trinajstić information content (AvgIpc) is 3.14. The fraction of sp³-hybridized carbons (Fsp3) is 0.550. The van der Waals surface area contributed by atoms with Crippen LogP contribution in [-0.2, 0) is 11.3 Å². The second kappa shape index (κ2) is 8.30. The largest absolute Gasteiger partial charge is 0.489 e. The molecule has 2 aliphatic rings. The summed E-state index contributed by atoms with van der Waals surface area (Å²) in [5.74, 6) is 0.885.